The van der Waals surface area contributed by atoms with Gasteiger partial charge in [0, 0.05) is 13.2 Å². The maximum atomic E-state index is 13.2. The van der Waals surface area contributed by atoms with Crippen molar-refractivity contribution in [3.05, 3.63) is 29.3 Å². The summed E-state index contributed by atoms with van der Waals surface area (Å²) in [7, 11) is -0.801. The van der Waals surface area contributed by atoms with Crippen LogP contribution in [0.4, 0.5) is 13.2 Å². The number of hydrogen-bond donors (Lipinski definition) is 0. The lowest BCUT2D eigenvalue weighted by molar-refractivity contribution is -0.137. The Morgan fingerprint density at radius 1 is 1.00 bits per heavy atom. The molecule has 0 spiro atoms. The summed E-state index contributed by atoms with van der Waals surface area (Å²) < 4.78 is 57.1. The maximum absolute atomic E-state index is 13.2. The van der Waals surface area contributed by atoms with Crippen LogP contribution < -0.4 is 5.46 Å². The third-order valence-corrected chi connectivity index (χ3v) is 5.58. The van der Waals surface area contributed by atoms with Crippen molar-refractivity contribution in [3.63, 3.8) is 0 Å². The Kier molecular flexibility index (Phi) is 4.71. The Bertz CT molecular complexity index is 621. The van der Waals surface area contributed by atoms with Crippen LogP contribution in [0.2, 0.25) is 0 Å². The van der Waals surface area contributed by atoms with Crippen molar-refractivity contribution in [3.8, 4) is 0 Å². The molecule has 0 amide bonds. The summed E-state index contributed by atoms with van der Waals surface area (Å²) in [6.45, 7) is 8.83. The molecule has 2 fully saturated rings. The van der Waals surface area contributed by atoms with E-state index >= 15 is 0 Å². The van der Waals surface area contributed by atoms with Gasteiger partial charge in [0.2, 0.25) is 0 Å². The molecule has 3 rings (SSSR count). The van der Waals surface area contributed by atoms with Gasteiger partial charge >= 0.3 is 13.3 Å². The highest BCUT2D eigenvalue weighted by Gasteiger charge is 2.52. The molecule has 1 aromatic rings. The molecule has 0 atom stereocenters. The number of rotatable bonds is 2. The minimum Gasteiger partial charge on any atom is -0.399 e. The molecule has 138 valence electrons. The topological polar surface area (TPSA) is 27.7 Å². The molecule has 0 aliphatic carbocycles. The van der Waals surface area contributed by atoms with Crippen LogP contribution in [0.15, 0.2) is 18.2 Å². The molecule has 7 heteroatoms. The molecule has 25 heavy (non-hydrogen) atoms. The maximum Gasteiger partial charge on any atom is 0.495 e. The van der Waals surface area contributed by atoms with Gasteiger partial charge in [-0.05, 0) is 69.6 Å². The Morgan fingerprint density at radius 2 is 1.56 bits per heavy atom. The summed E-state index contributed by atoms with van der Waals surface area (Å²) in [6.07, 6.45) is -2.82. The number of hydrogen-bond acceptors (Lipinski definition) is 3. The zero-order chi connectivity index (χ0) is 18.5. The summed E-state index contributed by atoms with van der Waals surface area (Å²) in [5.41, 5.74) is -0.513. The van der Waals surface area contributed by atoms with Gasteiger partial charge in [-0.1, -0.05) is 6.07 Å². The Morgan fingerprint density at radius 3 is 2.08 bits per heavy atom. The lowest BCUT2D eigenvalue weighted by Crippen LogP contribution is -2.41. The molecule has 2 aliphatic rings. The van der Waals surface area contributed by atoms with E-state index in [0.29, 0.717) is 18.7 Å². The van der Waals surface area contributed by atoms with Crippen molar-refractivity contribution < 1.29 is 27.2 Å². The molecule has 0 unspecified atom stereocenters. The normalized spacial score (nSPS) is 23.9. The molecule has 0 bridgehead atoms. The number of ether oxygens (including phenoxy) is 1. The highest BCUT2D eigenvalue weighted by molar-refractivity contribution is 6.62. The second-order valence-corrected chi connectivity index (χ2v) is 7.82. The first-order valence-electron chi connectivity index (χ1n) is 8.66. The third-order valence-electron chi connectivity index (χ3n) is 5.58. The Balaban J connectivity index is 2.02. The van der Waals surface area contributed by atoms with E-state index in [0.717, 1.165) is 24.5 Å². The SMILES string of the molecule is CC1(C)OB(c2cc(C(F)(F)F)ccc2C2CCOCC2)OC1(C)C. The van der Waals surface area contributed by atoms with Crippen molar-refractivity contribution in [2.75, 3.05) is 13.2 Å². The van der Waals surface area contributed by atoms with Crippen LogP contribution >= 0.6 is 0 Å². The van der Waals surface area contributed by atoms with Crippen LogP contribution in [0.3, 0.4) is 0 Å². The van der Waals surface area contributed by atoms with Crippen molar-refractivity contribution in [1.82, 2.24) is 0 Å². The van der Waals surface area contributed by atoms with Gasteiger partial charge in [-0.2, -0.15) is 13.2 Å². The van der Waals surface area contributed by atoms with E-state index in [2.05, 4.69) is 0 Å². The highest BCUT2D eigenvalue weighted by atomic mass is 19.4. The summed E-state index contributed by atoms with van der Waals surface area (Å²) in [6, 6.07) is 3.92. The van der Waals surface area contributed by atoms with Gasteiger partial charge in [0.05, 0.1) is 16.8 Å². The first-order valence-corrected chi connectivity index (χ1v) is 8.66. The van der Waals surface area contributed by atoms with Gasteiger partial charge in [0.15, 0.2) is 0 Å². The summed E-state index contributed by atoms with van der Waals surface area (Å²) >= 11 is 0. The molecule has 3 nitrogen and oxygen atoms in total. The van der Waals surface area contributed by atoms with Crippen molar-refractivity contribution >= 4 is 12.6 Å². The van der Waals surface area contributed by atoms with Gasteiger partial charge in [-0.3, -0.25) is 0 Å². The van der Waals surface area contributed by atoms with E-state index < -0.39 is 30.1 Å². The van der Waals surface area contributed by atoms with Crippen molar-refractivity contribution in [2.24, 2.45) is 0 Å². The average molecular weight is 356 g/mol. The van der Waals surface area contributed by atoms with Gasteiger partial charge in [0.25, 0.3) is 0 Å². The predicted molar refractivity (Wildman–Crippen MR) is 90.0 cm³/mol. The van der Waals surface area contributed by atoms with Crippen LogP contribution in [-0.4, -0.2) is 31.5 Å². The molecular formula is C18H24BF3O3. The van der Waals surface area contributed by atoms with E-state index in [1.165, 1.54) is 6.07 Å². The summed E-state index contributed by atoms with van der Waals surface area (Å²) in [5, 5.41) is 0. The zero-order valence-corrected chi connectivity index (χ0v) is 15.1. The molecule has 2 heterocycles. The molecule has 2 saturated heterocycles. The second kappa shape index (κ2) is 6.29. The lowest BCUT2D eigenvalue weighted by Gasteiger charge is -2.32. The fraction of sp³-hybridized carbons (Fsp3) is 0.667. The first kappa shape index (κ1) is 18.7. The summed E-state index contributed by atoms with van der Waals surface area (Å²) in [4.78, 5) is 0. The standard InChI is InChI=1S/C18H24BF3O3/c1-16(2)17(3,4)25-19(24-16)15-11-13(18(20,21)22)5-6-14(15)12-7-9-23-10-8-12/h5-6,11-12H,7-10H2,1-4H3. The van der Waals surface area contributed by atoms with Gasteiger partial charge in [-0.15, -0.1) is 0 Å². The average Bonchev–Trinajstić information content (AvgIpc) is 2.75. The predicted octanol–water partition coefficient (Wildman–Crippen LogP) is 3.90. The van der Waals surface area contributed by atoms with E-state index in [1.54, 1.807) is 6.07 Å². The van der Waals surface area contributed by atoms with Crippen molar-refractivity contribution in [1.29, 1.82) is 0 Å². The van der Waals surface area contributed by atoms with E-state index in [4.69, 9.17) is 14.0 Å². The molecule has 2 aliphatic heterocycles. The van der Waals surface area contributed by atoms with Gasteiger partial charge < -0.3 is 14.0 Å². The largest absolute Gasteiger partial charge is 0.495 e. The van der Waals surface area contributed by atoms with Gasteiger partial charge in [0.1, 0.15) is 0 Å². The van der Waals surface area contributed by atoms with E-state index in [-0.39, 0.29) is 5.92 Å². The number of benzene rings is 1. The van der Waals surface area contributed by atoms with E-state index in [1.807, 2.05) is 27.7 Å². The minimum atomic E-state index is -4.40. The number of halogens is 3. The number of alkyl halides is 3. The quantitative estimate of drug-likeness (QED) is 0.753. The second-order valence-electron chi connectivity index (χ2n) is 7.82. The minimum absolute atomic E-state index is 0.157. The van der Waals surface area contributed by atoms with Gasteiger partial charge in [-0.25, -0.2) is 0 Å². The van der Waals surface area contributed by atoms with Crippen LogP contribution in [0, 0.1) is 0 Å². The molecule has 0 radical (unpaired) electrons. The van der Waals surface area contributed by atoms with Crippen molar-refractivity contribution in [2.45, 2.75) is 63.8 Å². The molecule has 0 N–H and O–H groups in total. The Labute approximate surface area is 147 Å². The fourth-order valence-corrected chi connectivity index (χ4v) is 3.31. The lowest BCUT2D eigenvalue weighted by atomic mass is 9.71. The Hall–Kier alpha value is -1.05. The van der Waals surface area contributed by atoms with Crippen LogP contribution in [-0.2, 0) is 20.2 Å². The van der Waals surface area contributed by atoms with Crippen LogP contribution in [0.5, 0.6) is 0 Å². The highest BCUT2D eigenvalue weighted by Crippen LogP contribution is 2.38. The van der Waals surface area contributed by atoms with Crippen LogP contribution in [0.25, 0.3) is 0 Å². The van der Waals surface area contributed by atoms with E-state index in [9.17, 15) is 13.2 Å². The molecule has 0 aromatic heterocycles. The molecule has 0 saturated carbocycles. The third kappa shape index (κ3) is 3.59. The first-order chi connectivity index (χ1) is 11.5. The smallest absolute Gasteiger partial charge is 0.399 e. The molecule has 1 aromatic carbocycles. The monoisotopic (exact) mass is 356 g/mol. The van der Waals surface area contributed by atoms with Crippen LogP contribution in [0.1, 0.15) is 57.6 Å². The fourth-order valence-electron chi connectivity index (χ4n) is 3.31. The zero-order valence-electron chi connectivity index (χ0n) is 15.1. The molecular weight excluding hydrogens is 332 g/mol. The summed E-state index contributed by atoms with van der Waals surface area (Å²) in [5.74, 6) is 0.157.